The van der Waals surface area contributed by atoms with Gasteiger partial charge in [-0.1, -0.05) is 19.8 Å². The number of urea groups is 1. The zero-order chi connectivity index (χ0) is 14.7. The predicted molar refractivity (Wildman–Crippen MR) is 79.4 cm³/mol. The first-order chi connectivity index (χ1) is 9.47. The van der Waals surface area contributed by atoms with Crippen LogP contribution in [0, 0.1) is 12.8 Å². The third-order valence-corrected chi connectivity index (χ3v) is 4.36. The summed E-state index contributed by atoms with van der Waals surface area (Å²) in [5, 5.41) is 10.3. The number of aromatic nitrogens is 2. The number of hydrogen-bond acceptors (Lipinski definition) is 2. The summed E-state index contributed by atoms with van der Waals surface area (Å²) < 4.78 is 1.83. The highest BCUT2D eigenvalue weighted by molar-refractivity contribution is 5.74. The van der Waals surface area contributed by atoms with E-state index >= 15 is 0 Å². The van der Waals surface area contributed by atoms with Gasteiger partial charge in [-0.25, -0.2) is 4.79 Å². The van der Waals surface area contributed by atoms with E-state index in [1.807, 2.05) is 31.8 Å². The molecule has 2 rings (SSSR count). The topological polar surface area (TPSA) is 59.0 Å². The van der Waals surface area contributed by atoms with Crippen LogP contribution in [-0.2, 0) is 7.05 Å². The average molecular weight is 278 g/mol. The number of carbonyl (C=O) groups excluding carboxylic acids is 1. The maximum Gasteiger partial charge on any atom is 0.315 e. The molecule has 1 aliphatic rings. The summed E-state index contributed by atoms with van der Waals surface area (Å²) in [4.78, 5) is 12.1. The van der Waals surface area contributed by atoms with Gasteiger partial charge in [-0.3, -0.25) is 4.68 Å². The quantitative estimate of drug-likeness (QED) is 0.893. The van der Waals surface area contributed by atoms with Crippen molar-refractivity contribution in [1.82, 2.24) is 20.4 Å². The first kappa shape index (κ1) is 14.9. The van der Waals surface area contributed by atoms with Crippen molar-refractivity contribution < 1.29 is 4.79 Å². The fourth-order valence-corrected chi connectivity index (χ4v) is 3.01. The van der Waals surface area contributed by atoms with Crippen LogP contribution in [0.2, 0.25) is 0 Å². The van der Waals surface area contributed by atoms with Crippen molar-refractivity contribution in [3.05, 3.63) is 17.5 Å². The second kappa shape index (κ2) is 6.29. The molecule has 1 heterocycles. The Labute approximate surface area is 121 Å². The van der Waals surface area contributed by atoms with E-state index in [-0.39, 0.29) is 12.1 Å². The molecule has 0 bridgehead atoms. The summed E-state index contributed by atoms with van der Waals surface area (Å²) in [7, 11) is 1.91. The number of carbonyl (C=O) groups is 1. The van der Waals surface area contributed by atoms with Gasteiger partial charge in [-0.2, -0.15) is 5.10 Å². The zero-order valence-corrected chi connectivity index (χ0v) is 12.9. The molecule has 0 radical (unpaired) electrons. The summed E-state index contributed by atoms with van der Waals surface area (Å²) in [5.41, 5.74) is 2.16. The number of hydrogen-bond donors (Lipinski definition) is 2. The van der Waals surface area contributed by atoms with Crippen molar-refractivity contribution in [2.45, 2.75) is 58.5 Å². The van der Waals surface area contributed by atoms with Crippen LogP contribution in [0.3, 0.4) is 0 Å². The maximum atomic E-state index is 12.1. The Bertz CT molecular complexity index is 468. The largest absolute Gasteiger partial charge is 0.335 e. The van der Waals surface area contributed by atoms with Crippen LogP contribution in [-0.4, -0.2) is 21.9 Å². The van der Waals surface area contributed by atoms with Gasteiger partial charge in [-0.05, 0) is 32.6 Å². The molecule has 0 aromatic carbocycles. The molecule has 20 heavy (non-hydrogen) atoms. The van der Waals surface area contributed by atoms with Crippen LogP contribution >= 0.6 is 0 Å². The molecule has 2 amide bonds. The van der Waals surface area contributed by atoms with Crippen LogP contribution in [0.1, 0.15) is 56.8 Å². The first-order valence-electron chi connectivity index (χ1n) is 7.53. The Morgan fingerprint density at radius 3 is 2.85 bits per heavy atom. The standard InChI is InChI=1S/C15H26N4O/c1-10-6-5-7-13(8-10)18-15(20)17-11(2)14-9-16-19(4)12(14)3/h9-11,13H,5-8H2,1-4H3,(H2,17,18,20). The van der Waals surface area contributed by atoms with Crippen molar-refractivity contribution in [3.63, 3.8) is 0 Å². The number of rotatable bonds is 3. The van der Waals surface area contributed by atoms with Gasteiger partial charge in [0.25, 0.3) is 0 Å². The van der Waals surface area contributed by atoms with Crippen molar-refractivity contribution in [3.8, 4) is 0 Å². The minimum atomic E-state index is -0.0696. The van der Waals surface area contributed by atoms with Crippen molar-refractivity contribution in [1.29, 1.82) is 0 Å². The highest BCUT2D eigenvalue weighted by Gasteiger charge is 2.21. The van der Waals surface area contributed by atoms with Crippen LogP contribution in [0.15, 0.2) is 6.20 Å². The summed E-state index contributed by atoms with van der Waals surface area (Å²) in [6.45, 7) is 6.27. The van der Waals surface area contributed by atoms with E-state index in [0.29, 0.717) is 12.0 Å². The maximum absolute atomic E-state index is 12.1. The van der Waals surface area contributed by atoms with E-state index in [2.05, 4.69) is 22.7 Å². The van der Waals surface area contributed by atoms with Crippen LogP contribution < -0.4 is 10.6 Å². The minimum Gasteiger partial charge on any atom is -0.335 e. The molecular formula is C15H26N4O. The number of nitrogens with one attached hydrogen (secondary N) is 2. The molecule has 112 valence electrons. The Morgan fingerprint density at radius 1 is 1.50 bits per heavy atom. The number of nitrogens with zero attached hydrogens (tertiary/aromatic N) is 2. The fourth-order valence-electron chi connectivity index (χ4n) is 3.01. The van der Waals surface area contributed by atoms with Crippen molar-refractivity contribution in [2.24, 2.45) is 13.0 Å². The second-order valence-corrected chi connectivity index (χ2v) is 6.12. The Balaban J connectivity index is 1.86. The van der Waals surface area contributed by atoms with E-state index in [1.54, 1.807) is 0 Å². The monoisotopic (exact) mass is 278 g/mol. The van der Waals surface area contributed by atoms with Crippen LogP contribution in [0.4, 0.5) is 4.79 Å². The molecule has 1 saturated carbocycles. The molecule has 2 N–H and O–H groups in total. The van der Waals surface area contributed by atoms with Crippen LogP contribution in [0.25, 0.3) is 0 Å². The Kier molecular flexibility index (Phi) is 4.68. The van der Waals surface area contributed by atoms with Gasteiger partial charge in [0.15, 0.2) is 0 Å². The third kappa shape index (κ3) is 3.52. The van der Waals surface area contributed by atoms with Crippen LogP contribution in [0.5, 0.6) is 0 Å². The van der Waals surface area contributed by atoms with Gasteiger partial charge in [0.05, 0.1) is 12.2 Å². The molecule has 1 aliphatic carbocycles. The number of amides is 2. The lowest BCUT2D eigenvalue weighted by atomic mass is 9.87. The zero-order valence-electron chi connectivity index (χ0n) is 12.9. The molecule has 5 nitrogen and oxygen atoms in total. The predicted octanol–water partition coefficient (Wildman–Crippen LogP) is 2.67. The van der Waals surface area contributed by atoms with E-state index < -0.39 is 0 Å². The van der Waals surface area contributed by atoms with Crippen molar-refractivity contribution >= 4 is 6.03 Å². The molecule has 3 unspecified atom stereocenters. The Morgan fingerprint density at radius 2 is 2.25 bits per heavy atom. The summed E-state index contributed by atoms with van der Waals surface area (Å²) in [5.74, 6) is 0.715. The molecular weight excluding hydrogens is 252 g/mol. The van der Waals surface area contributed by atoms with E-state index in [4.69, 9.17) is 0 Å². The summed E-state index contributed by atoms with van der Waals surface area (Å²) >= 11 is 0. The third-order valence-electron chi connectivity index (χ3n) is 4.36. The van der Waals surface area contributed by atoms with E-state index in [9.17, 15) is 4.79 Å². The molecule has 3 atom stereocenters. The molecule has 1 aromatic heterocycles. The highest BCUT2D eigenvalue weighted by Crippen LogP contribution is 2.23. The molecule has 0 saturated heterocycles. The number of aryl methyl sites for hydroxylation is 1. The second-order valence-electron chi connectivity index (χ2n) is 6.12. The van der Waals surface area contributed by atoms with Gasteiger partial charge in [-0.15, -0.1) is 0 Å². The fraction of sp³-hybridized carbons (Fsp3) is 0.733. The SMILES string of the molecule is Cc1c(C(C)NC(=O)NC2CCCC(C)C2)cnn1C. The van der Waals surface area contributed by atoms with Gasteiger partial charge >= 0.3 is 6.03 Å². The highest BCUT2D eigenvalue weighted by atomic mass is 16.2. The van der Waals surface area contributed by atoms with E-state index in [1.165, 1.54) is 12.8 Å². The molecule has 1 fully saturated rings. The molecule has 1 aromatic rings. The summed E-state index contributed by atoms with van der Waals surface area (Å²) in [6, 6.07) is 0.227. The lowest BCUT2D eigenvalue weighted by molar-refractivity contribution is 0.224. The van der Waals surface area contributed by atoms with Gasteiger partial charge < -0.3 is 10.6 Å². The normalized spacial score (nSPS) is 24.2. The first-order valence-corrected chi connectivity index (χ1v) is 7.53. The summed E-state index contributed by atoms with van der Waals surface area (Å²) in [6.07, 6.45) is 6.50. The van der Waals surface area contributed by atoms with Crippen molar-refractivity contribution in [2.75, 3.05) is 0 Å². The Hall–Kier alpha value is -1.52. The van der Waals surface area contributed by atoms with Gasteiger partial charge in [0.1, 0.15) is 0 Å². The smallest absolute Gasteiger partial charge is 0.315 e. The minimum absolute atomic E-state index is 0.0234. The molecule has 5 heteroatoms. The molecule has 0 spiro atoms. The lowest BCUT2D eigenvalue weighted by Gasteiger charge is -2.28. The lowest BCUT2D eigenvalue weighted by Crippen LogP contribution is -2.44. The molecule has 0 aliphatic heterocycles. The van der Waals surface area contributed by atoms with Gasteiger partial charge in [0, 0.05) is 24.3 Å². The van der Waals surface area contributed by atoms with E-state index in [0.717, 1.165) is 24.1 Å². The average Bonchev–Trinajstić information content (AvgIpc) is 2.69. The van der Waals surface area contributed by atoms with Gasteiger partial charge in [0.2, 0.25) is 0 Å².